The molecule has 7 nitrogen and oxygen atoms in total. The van der Waals surface area contributed by atoms with E-state index in [0.29, 0.717) is 23.9 Å². The van der Waals surface area contributed by atoms with Crippen LogP contribution in [-0.2, 0) is 16.0 Å². The Kier molecular flexibility index (Phi) is 9.48. The predicted molar refractivity (Wildman–Crippen MR) is 120 cm³/mol. The van der Waals surface area contributed by atoms with Crippen molar-refractivity contribution in [3.63, 3.8) is 0 Å². The van der Waals surface area contributed by atoms with Gasteiger partial charge in [-0.05, 0) is 11.6 Å². The number of nitrogens with one attached hydrogen (secondary N) is 2. The Morgan fingerprint density at radius 2 is 2.10 bits per heavy atom. The van der Waals surface area contributed by atoms with Crippen LogP contribution in [0.25, 0.3) is 0 Å². The SMILES string of the molecule is CC(C)(C)C(=O)Nc1nc(CC(=O)N2CCNCC2c2cccnc2)cs1.Cl.Cl. The molecule has 1 aliphatic rings. The molecule has 0 aromatic carbocycles. The quantitative estimate of drug-likeness (QED) is 0.733. The molecule has 0 spiro atoms. The topological polar surface area (TPSA) is 87.2 Å². The highest BCUT2D eigenvalue weighted by molar-refractivity contribution is 7.13. The first-order chi connectivity index (χ1) is 12.8. The van der Waals surface area contributed by atoms with Gasteiger partial charge in [0.05, 0.1) is 18.2 Å². The molecule has 2 aromatic heterocycles. The average Bonchev–Trinajstić information content (AvgIpc) is 3.08. The lowest BCUT2D eigenvalue weighted by atomic mass is 9.96. The number of nitrogens with zero attached hydrogens (tertiary/aromatic N) is 3. The van der Waals surface area contributed by atoms with Crippen LogP contribution in [0.2, 0.25) is 0 Å². The monoisotopic (exact) mass is 459 g/mol. The van der Waals surface area contributed by atoms with Crippen molar-refractivity contribution in [1.82, 2.24) is 20.2 Å². The molecule has 160 valence electrons. The largest absolute Gasteiger partial charge is 0.333 e. The Balaban J connectivity index is 0.00000210. The van der Waals surface area contributed by atoms with E-state index in [2.05, 4.69) is 20.6 Å². The van der Waals surface area contributed by atoms with E-state index in [4.69, 9.17) is 0 Å². The molecule has 0 aliphatic carbocycles. The fourth-order valence-electron chi connectivity index (χ4n) is 2.86. The van der Waals surface area contributed by atoms with Crippen molar-refractivity contribution >= 4 is 53.1 Å². The number of pyridine rings is 1. The summed E-state index contributed by atoms with van der Waals surface area (Å²) < 4.78 is 0. The van der Waals surface area contributed by atoms with Gasteiger partial charge in [0.2, 0.25) is 11.8 Å². The summed E-state index contributed by atoms with van der Waals surface area (Å²) in [6, 6.07) is 3.85. The molecule has 1 fully saturated rings. The molecule has 29 heavy (non-hydrogen) atoms. The molecule has 0 saturated carbocycles. The summed E-state index contributed by atoms with van der Waals surface area (Å²) in [5.74, 6) is -0.0576. The number of thiazole rings is 1. The van der Waals surface area contributed by atoms with Crippen LogP contribution >= 0.6 is 36.2 Å². The van der Waals surface area contributed by atoms with Crippen molar-refractivity contribution in [3.8, 4) is 0 Å². The molecule has 2 N–H and O–H groups in total. The van der Waals surface area contributed by atoms with Crippen molar-refractivity contribution in [3.05, 3.63) is 41.2 Å². The molecule has 3 rings (SSSR count). The highest BCUT2D eigenvalue weighted by Crippen LogP contribution is 2.24. The molecule has 1 unspecified atom stereocenters. The second-order valence-corrected chi connectivity index (χ2v) is 8.48. The van der Waals surface area contributed by atoms with Gasteiger partial charge in [-0.1, -0.05) is 26.8 Å². The smallest absolute Gasteiger partial charge is 0.231 e. The van der Waals surface area contributed by atoms with Crippen LogP contribution in [0.3, 0.4) is 0 Å². The number of amides is 2. The van der Waals surface area contributed by atoms with E-state index in [1.807, 2.05) is 43.2 Å². The molecular weight excluding hydrogens is 433 g/mol. The van der Waals surface area contributed by atoms with Crippen molar-refractivity contribution in [2.75, 3.05) is 25.0 Å². The predicted octanol–water partition coefficient (Wildman–Crippen LogP) is 3.08. The number of hydrogen-bond donors (Lipinski definition) is 2. The van der Waals surface area contributed by atoms with Crippen LogP contribution < -0.4 is 10.6 Å². The molecule has 0 bridgehead atoms. The molecule has 1 atom stereocenters. The van der Waals surface area contributed by atoms with Gasteiger partial charge in [-0.3, -0.25) is 14.6 Å². The lowest BCUT2D eigenvalue weighted by Gasteiger charge is -2.36. The van der Waals surface area contributed by atoms with E-state index in [1.54, 1.807) is 12.4 Å². The maximum absolute atomic E-state index is 12.9. The van der Waals surface area contributed by atoms with Gasteiger partial charge in [0.25, 0.3) is 0 Å². The van der Waals surface area contributed by atoms with Gasteiger partial charge in [-0.25, -0.2) is 4.98 Å². The zero-order valence-electron chi connectivity index (χ0n) is 16.7. The van der Waals surface area contributed by atoms with Gasteiger partial charge in [0, 0.05) is 42.8 Å². The van der Waals surface area contributed by atoms with Crippen LogP contribution in [0.5, 0.6) is 0 Å². The Morgan fingerprint density at radius 3 is 2.76 bits per heavy atom. The molecule has 10 heteroatoms. The number of rotatable bonds is 4. The van der Waals surface area contributed by atoms with Crippen molar-refractivity contribution < 1.29 is 9.59 Å². The fraction of sp³-hybridized carbons (Fsp3) is 0.474. The number of piperazine rings is 1. The summed E-state index contributed by atoms with van der Waals surface area (Å²) in [5, 5.41) is 8.51. The highest BCUT2D eigenvalue weighted by atomic mass is 35.5. The van der Waals surface area contributed by atoms with Gasteiger partial charge < -0.3 is 15.5 Å². The fourth-order valence-corrected chi connectivity index (χ4v) is 3.57. The third-order valence-electron chi connectivity index (χ3n) is 4.42. The molecule has 3 heterocycles. The van der Waals surface area contributed by atoms with Gasteiger partial charge in [-0.2, -0.15) is 0 Å². The van der Waals surface area contributed by atoms with E-state index in [1.165, 1.54) is 11.3 Å². The first kappa shape index (κ1) is 25.3. The second kappa shape index (κ2) is 10.9. The minimum atomic E-state index is -0.487. The Labute approximate surface area is 187 Å². The lowest BCUT2D eigenvalue weighted by Crippen LogP contribution is -2.49. The van der Waals surface area contributed by atoms with Crippen molar-refractivity contribution in [2.24, 2.45) is 5.41 Å². The number of carbonyl (C=O) groups excluding carboxylic acids is 2. The first-order valence-corrected chi connectivity index (χ1v) is 9.88. The third-order valence-corrected chi connectivity index (χ3v) is 5.23. The minimum Gasteiger partial charge on any atom is -0.333 e. The van der Waals surface area contributed by atoms with Crippen LogP contribution in [0.1, 0.15) is 38.1 Å². The van der Waals surface area contributed by atoms with E-state index < -0.39 is 5.41 Å². The number of halogens is 2. The zero-order valence-corrected chi connectivity index (χ0v) is 19.1. The molecular formula is C19H27Cl2N5O2S. The average molecular weight is 460 g/mol. The molecule has 0 radical (unpaired) electrons. The number of carbonyl (C=O) groups is 2. The molecule has 1 saturated heterocycles. The summed E-state index contributed by atoms with van der Waals surface area (Å²) in [6.07, 6.45) is 3.76. The summed E-state index contributed by atoms with van der Waals surface area (Å²) >= 11 is 1.34. The van der Waals surface area contributed by atoms with Crippen LogP contribution in [0.15, 0.2) is 29.9 Å². The van der Waals surface area contributed by atoms with E-state index >= 15 is 0 Å². The molecule has 2 aromatic rings. The number of aromatic nitrogens is 2. The van der Waals surface area contributed by atoms with Crippen LogP contribution in [-0.4, -0.2) is 46.3 Å². The van der Waals surface area contributed by atoms with E-state index in [0.717, 1.165) is 12.1 Å². The summed E-state index contributed by atoms with van der Waals surface area (Å²) in [5.41, 5.74) is 1.21. The number of hydrogen-bond acceptors (Lipinski definition) is 6. The summed E-state index contributed by atoms with van der Waals surface area (Å²) in [7, 11) is 0. The van der Waals surface area contributed by atoms with Gasteiger partial charge in [0.1, 0.15) is 0 Å². The maximum Gasteiger partial charge on any atom is 0.231 e. The Hall–Kier alpha value is -1.74. The standard InChI is InChI=1S/C19H25N5O2S.2ClH/c1-19(2,3)17(26)23-18-22-14(12-27-18)9-16(25)24-8-7-21-11-15(24)13-5-4-6-20-10-13;;/h4-6,10,12,15,21H,7-9,11H2,1-3H3,(H,22,23,26);2*1H. The zero-order chi connectivity index (χ0) is 19.4. The van der Waals surface area contributed by atoms with Crippen LogP contribution in [0.4, 0.5) is 5.13 Å². The lowest BCUT2D eigenvalue weighted by molar-refractivity contribution is -0.133. The molecule has 2 amide bonds. The summed E-state index contributed by atoms with van der Waals surface area (Å²) in [4.78, 5) is 35.4. The van der Waals surface area contributed by atoms with Gasteiger partial charge in [-0.15, -0.1) is 36.2 Å². The minimum absolute atomic E-state index is 0. The highest BCUT2D eigenvalue weighted by Gasteiger charge is 2.28. The first-order valence-electron chi connectivity index (χ1n) is 9.00. The third kappa shape index (κ3) is 6.64. The Morgan fingerprint density at radius 1 is 1.34 bits per heavy atom. The number of anilines is 1. The summed E-state index contributed by atoms with van der Waals surface area (Å²) in [6.45, 7) is 7.68. The second-order valence-electron chi connectivity index (χ2n) is 7.62. The normalized spacial score (nSPS) is 16.4. The van der Waals surface area contributed by atoms with Crippen molar-refractivity contribution in [2.45, 2.75) is 33.2 Å². The van der Waals surface area contributed by atoms with Crippen molar-refractivity contribution in [1.29, 1.82) is 0 Å². The molecule has 1 aliphatic heterocycles. The van der Waals surface area contributed by atoms with Gasteiger partial charge >= 0.3 is 0 Å². The van der Waals surface area contributed by atoms with E-state index in [9.17, 15) is 9.59 Å². The van der Waals surface area contributed by atoms with Crippen LogP contribution in [0, 0.1) is 5.41 Å². The van der Waals surface area contributed by atoms with Gasteiger partial charge in [0.15, 0.2) is 5.13 Å². The van der Waals surface area contributed by atoms with E-state index in [-0.39, 0.29) is 49.1 Å². The Bertz CT molecular complexity index is 810. The maximum atomic E-state index is 12.9.